The first-order valence-electron chi connectivity index (χ1n) is 9.37. The van der Waals surface area contributed by atoms with Crippen LogP contribution in [-0.4, -0.2) is 44.3 Å². The molecule has 1 rings (SSSR count). The minimum absolute atomic E-state index is 0.0918. The quantitative estimate of drug-likeness (QED) is 0.208. The van der Waals surface area contributed by atoms with Crippen LogP contribution in [0.2, 0.25) is 0 Å². The van der Waals surface area contributed by atoms with E-state index in [0.29, 0.717) is 19.0 Å². The highest BCUT2D eigenvalue weighted by Gasteiger charge is 2.16. The number of carbonyl (C=O) groups excluding carboxylic acids is 3. The first-order valence-corrected chi connectivity index (χ1v) is 9.37. The lowest BCUT2D eigenvalue weighted by molar-refractivity contribution is -0.157. The van der Waals surface area contributed by atoms with Gasteiger partial charge in [0.05, 0.1) is 13.0 Å². The lowest BCUT2D eigenvalue weighted by atomic mass is 10.2. The van der Waals surface area contributed by atoms with E-state index in [-0.39, 0.29) is 18.6 Å². The summed E-state index contributed by atoms with van der Waals surface area (Å²) in [5, 5.41) is 0. The Morgan fingerprint density at radius 2 is 1.64 bits per heavy atom. The van der Waals surface area contributed by atoms with Gasteiger partial charge in [0, 0.05) is 12.2 Å². The lowest BCUT2D eigenvalue weighted by Gasteiger charge is -2.08. The standard InChI is InChI=1S/C21H28O7/c1-3-4-5-9-12-25-13-14-26-20(23)16-27-21(24)17(2)15-19(22)28-18-10-7-6-8-11-18/h6-8,10-11H,2-5,9,12-16H2,1H3. The third-order valence-electron chi connectivity index (χ3n) is 3.58. The maximum Gasteiger partial charge on any atom is 0.344 e. The topological polar surface area (TPSA) is 88.1 Å². The Labute approximate surface area is 165 Å². The molecule has 1 aromatic rings. The number of unbranched alkanes of at least 4 members (excludes halogenated alkanes) is 3. The number of hydrogen-bond acceptors (Lipinski definition) is 7. The number of hydrogen-bond donors (Lipinski definition) is 0. The molecule has 0 N–H and O–H groups in total. The van der Waals surface area contributed by atoms with Crippen LogP contribution in [0.3, 0.4) is 0 Å². The Kier molecular flexibility index (Phi) is 12.0. The molecule has 7 nitrogen and oxygen atoms in total. The van der Waals surface area contributed by atoms with Gasteiger partial charge in [-0.2, -0.15) is 0 Å². The number of benzene rings is 1. The smallest absolute Gasteiger partial charge is 0.344 e. The number of ether oxygens (including phenoxy) is 4. The molecule has 0 radical (unpaired) electrons. The molecule has 1 aromatic carbocycles. The molecule has 0 saturated heterocycles. The Balaban J connectivity index is 2.11. The highest BCUT2D eigenvalue weighted by Crippen LogP contribution is 2.11. The van der Waals surface area contributed by atoms with Crippen molar-refractivity contribution in [1.29, 1.82) is 0 Å². The zero-order valence-corrected chi connectivity index (χ0v) is 16.3. The van der Waals surface area contributed by atoms with E-state index in [9.17, 15) is 14.4 Å². The van der Waals surface area contributed by atoms with Crippen LogP contribution >= 0.6 is 0 Å². The number of carbonyl (C=O) groups is 3. The van der Waals surface area contributed by atoms with Gasteiger partial charge < -0.3 is 18.9 Å². The Bertz CT molecular complexity index is 625. The van der Waals surface area contributed by atoms with Crippen molar-refractivity contribution < 1.29 is 33.3 Å². The summed E-state index contributed by atoms with van der Waals surface area (Å²) in [5.41, 5.74) is -0.107. The average Bonchev–Trinajstić information content (AvgIpc) is 2.68. The molecule has 0 bridgehead atoms. The van der Waals surface area contributed by atoms with Gasteiger partial charge in [0.15, 0.2) is 6.61 Å². The molecule has 28 heavy (non-hydrogen) atoms. The molecule has 0 aromatic heterocycles. The maximum atomic E-state index is 11.8. The number of esters is 3. The lowest BCUT2D eigenvalue weighted by Crippen LogP contribution is -2.20. The molecule has 0 heterocycles. The molecule has 0 aliphatic rings. The second kappa shape index (κ2) is 14.4. The molecule has 0 spiro atoms. The first-order chi connectivity index (χ1) is 13.5. The van der Waals surface area contributed by atoms with Gasteiger partial charge in [-0.15, -0.1) is 0 Å². The van der Waals surface area contributed by atoms with Crippen molar-refractivity contribution in [1.82, 2.24) is 0 Å². The first kappa shape index (κ1) is 23.4. The fourth-order valence-corrected chi connectivity index (χ4v) is 2.12. The van der Waals surface area contributed by atoms with Crippen molar-refractivity contribution >= 4 is 17.9 Å². The van der Waals surface area contributed by atoms with Crippen molar-refractivity contribution in [3.63, 3.8) is 0 Å². The van der Waals surface area contributed by atoms with Crippen LogP contribution in [0.4, 0.5) is 0 Å². The van der Waals surface area contributed by atoms with Gasteiger partial charge in [-0.25, -0.2) is 9.59 Å². The van der Waals surface area contributed by atoms with Crippen LogP contribution in [0.1, 0.15) is 39.0 Å². The summed E-state index contributed by atoms with van der Waals surface area (Å²) in [6, 6.07) is 8.45. The second-order valence-electron chi connectivity index (χ2n) is 6.04. The summed E-state index contributed by atoms with van der Waals surface area (Å²) in [6.45, 7) is 6.09. The van der Waals surface area contributed by atoms with Crippen molar-refractivity contribution in [3.05, 3.63) is 42.5 Å². The van der Waals surface area contributed by atoms with Gasteiger partial charge >= 0.3 is 17.9 Å². The summed E-state index contributed by atoms with van der Waals surface area (Å²) in [4.78, 5) is 35.1. The van der Waals surface area contributed by atoms with E-state index < -0.39 is 24.5 Å². The maximum absolute atomic E-state index is 11.8. The van der Waals surface area contributed by atoms with E-state index in [1.807, 2.05) is 0 Å². The fraction of sp³-hybridized carbons (Fsp3) is 0.476. The normalized spacial score (nSPS) is 10.2. The number of para-hydroxylation sites is 1. The van der Waals surface area contributed by atoms with Gasteiger partial charge in [-0.3, -0.25) is 4.79 Å². The Hall–Kier alpha value is -2.67. The molecule has 0 fully saturated rings. The van der Waals surface area contributed by atoms with Gasteiger partial charge in [0.25, 0.3) is 0 Å². The van der Waals surface area contributed by atoms with Crippen LogP contribution in [0.5, 0.6) is 5.75 Å². The van der Waals surface area contributed by atoms with Crippen molar-refractivity contribution in [2.75, 3.05) is 26.4 Å². The van der Waals surface area contributed by atoms with Crippen LogP contribution < -0.4 is 4.74 Å². The zero-order chi connectivity index (χ0) is 20.6. The average molecular weight is 392 g/mol. The SMILES string of the molecule is C=C(CC(=O)Oc1ccccc1)C(=O)OCC(=O)OCCOCCCCCC. The van der Waals surface area contributed by atoms with Crippen molar-refractivity contribution in [2.45, 2.75) is 39.0 Å². The van der Waals surface area contributed by atoms with Crippen LogP contribution in [0, 0.1) is 0 Å². The van der Waals surface area contributed by atoms with Crippen molar-refractivity contribution in [2.24, 2.45) is 0 Å². The van der Waals surface area contributed by atoms with Crippen LogP contribution in [-0.2, 0) is 28.6 Å². The van der Waals surface area contributed by atoms with Gasteiger partial charge in [0.2, 0.25) is 0 Å². The van der Waals surface area contributed by atoms with E-state index in [4.69, 9.17) is 18.9 Å². The molecule has 154 valence electrons. The Morgan fingerprint density at radius 1 is 0.893 bits per heavy atom. The largest absolute Gasteiger partial charge is 0.461 e. The molecule has 7 heteroatoms. The Morgan fingerprint density at radius 3 is 2.36 bits per heavy atom. The molecule has 0 saturated carbocycles. The molecule has 0 aliphatic carbocycles. The van der Waals surface area contributed by atoms with E-state index in [1.165, 1.54) is 6.42 Å². The van der Waals surface area contributed by atoms with E-state index in [1.54, 1.807) is 30.3 Å². The van der Waals surface area contributed by atoms with Crippen molar-refractivity contribution in [3.8, 4) is 5.75 Å². The molecule has 0 atom stereocenters. The van der Waals surface area contributed by atoms with E-state index in [2.05, 4.69) is 13.5 Å². The third-order valence-corrected chi connectivity index (χ3v) is 3.58. The highest BCUT2D eigenvalue weighted by atomic mass is 16.6. The highest BCUT2D eigenvalue weighted by molar-refractivity contribution is 5.94. The number of rotatable bonds is 14. The minimum Gasteiger partial charge on any atom is -0.461 e. The predicted octanol–water partition coefficient (Wildman–Crippen LogP) is 3.22. The minimum atomic E-state index is -0.853. The summed E-state index contributed by atoms with van der Waals surface area (Å²) in [6.07, 6.45) is 4.10. The monoisotopic (exact) mass is 392 g/mol. The summed E-state index contributed by atoms with van der Waals surface area (Å²) < 4.78 is 20.1. The van der Waals surface area contributed by atoms with Gasteiger partial charge in [-0.1, -0.05) is 51.0 Å². The molecular formula is C21H28O7. The molecule has 0 amide bonds. The predicted molar refractivity (Wildman–Crippen MR) is 103 cm³/mol. The molecule has 0 unspecified atom stereocenters. The van der Waals surface area contributed by atoms with Gasteiger partial charge in [0.1, 0.15) is 12.4 Å². The zero-order valence-electron chi connectivity index (χ0n) is 16.3. The van der Waals surface area contributed by atoms with Gasteiger partial charge in [-0.05, 0) is 18.6 Å². The second-order valence-corrected chi connectivity index (χ2v) is 6.04. The molecular weight excluding hydrogens is 364 g/mol. The van der Waals surface area contributed by atoms with E-state index in [0.717, 1.165) is 19.3 Å². The third kappa shape index (κ3) is 11.1. The summed E-state index contributed by atoms with van der Waals surface area (Å²) >= 11 is 0. The van der Waals surface area contributed by atoms with Crippen LogP contribution in [0.25, 0.3) is 0 Å². The fourth-order valence-electron chi connectivity index (χ4n) is 2.12. The van der Waals surface area contributed by atoms with E-state index >= 15 is 0 Å². The summed E-state index contributed by atoms with van der Waals surface area (Å²) in [5.74, 6) is -1.83. The summed E-state index contributed by atoms with van der Waals surface area (Å²) in [7, 11) is 0. The molecule has 0 aliphatic heterocycles. The van der Waals surface area contributed by atoms with Crippen LogP contribution in [0.15, 0.2) is 42.5 Å².